The van der Waals surface area contributed by atoms with Crippen LogP contribution in [0.15, 0.2) is 30.3 Å². The number of ether oxygens (including phenoxy) is 1. The van der Waals surface area contributed by atoms with Crippen molar-refractivity contribution in [3.8, 4) is 0 Å². The van der Waals surface area contributed by atoms with Crippen LogP contribution in [-0.4, -0.2) is 67.2 Å². The molecule has 0 unspecified atom stereocenters. The fourth-order valence-electron chi connectivity index (χ4n) is 4.17. The van der Waals surface area contributed by atoms with Gasteiger partial charge in [0.1, 0.15) is 0 Å². The lowest BCUT2D eigenvalue weighted by Crippen LogP contribution is -2.56. The van der Waals surface area contributed by atoms with E-state index in [-0.39, 0.29) is 12.0 Å². The van der Waals surface area contributed by atoms with Gasteiger partial charge in [-0.25, -0.2) is 4.79 Å². The largest absolute Gasteiger partial charge is 0.450 e. The highest BCUT2D eigenvalue weighted by atomic mass is 16.6. The first kappa shape index (κ1) is 18.7. The molecule has 0 aliphatic carbocycles. The number of amides is 2. The van der Waals surface area contributed by atoms with Gasteiger partial charge in [-0.1, -0.05) is 18.2 Å². The van der Waals surface area contributed by atoms with Gasteiger partial charge >= 0.3 is 6.09 Å². The minimum absolute atomic E-state index is 0.0173. The van der Waals surface area contributed by atoms with E-state index in [1.807, 2.05) is 42.2 Å². The zero-order valence-corrected chi connectivity index (χ0v) is 15.5. The molecule has 0 aromatic heterocycles. The van der Waals surface area contributed by atoms with Crippen molar-refractivity contribution in [2.75, 3.05) is 39.3 Å². The molecule has 3 rings (SSSR count). The molecule has 2 fully saturated rings. The second-order valence-corrected chi connectivity index (χ2v) is 7.06. The maximum absolute atomic E-state index is 12.2. The quantitative estimate of drug-likeness (QED) is 0.877. The predicted molar refractivity (Wildman–Crippen MR) is 100 cm³/mol. The summed E-state index contributed by atoms with van der Waals surface area (Å²) in [6.45, 7) is 6.40. The monoisotopic (exact) mass is 359 g/mol. The van der Waals surface area contributed by atoms with E-state index in [1.54, 1.807) is 0 Å². The standard InChI is InChI=1S/C20H29N3O3/c1-2-26-20(25)23-13-10-18-17(15-23)9-6-12-22(18)14-11-21-19(24)16-7-4-3-5-8-16/h3-5,7-8,17-18H,2,6,9-15H2,1H3,(H,21,24)/t17-,18-/m0/s1. The molecule has 2 amide bonds. The lowest BCUT2D eigenvalue weighted by molar-refractivity contribution is 0.0190. The molecule has 6 nitrogen and oxygen atoms in total. The Morgan fingerprint density at radius 1 is 1.19 bits per heavy atom. The van der Waals surface area contributed by atoms with Crippen LogP contribution in [0.5, 0.6) is 0 Å². The molecule has 1 N–H and O–H groups in total. The van der Waals surface area contributed by atoms with Crippen molar-refractivity contribution in [1.82, 2.24) is 15.1 Å². The van der Waals surface area contributed by atoms with Crippen molar-refractivity contribution < 1.29 is 14.3 Å². The van der Waals surface area contributed by atoms with E-state index >= 15 is 0 Å². The Labute approximate surface area is 155 Å². The van der Waals surface area contributed by atoms with Gasteiger partial charge in [0.15, 0.2) is 0 Å². The molecular formula is C20H29N3O3. The van der Waals surface area contributed by atoms with Crippen LogP contribution >= 0.6 is 0 Å². The Morgan fingerprint density at radius 2 is 2.00 bits per heavy atom. The van der Waals surface area contributed by atoms with Crippen LogP contribution in [0, 0.1) is 5.92 Å². The fourth-order valence-corrected chi connectivity index (χ4v) is 4.17. The third-order valence-corrected chi connectivity index (χ3v) is 5.43. The summed E-state index contributed by atoms with van der Waals surface area (Å²) in [7, 11) is 0. The summed E-state index contributed by atoms with van der Waals surface area (Å²) in [5, 5.41) is 3.02. The van der Waals surface area contributed by atoms with Crippen molar-refractivity contribution in [1.29, 1.82) is 0 Å². The van der Waals surface area contributed by atoms with Gasteiger partial charge in [-0.2, -0.15) is 0 Å². The highest BCUT2D eigenvalue weighted by molar-refractivity contribution is 5.94. The van der Waals surface area contributed by atoms with E-state index in [0.29, 0.717) is 30.7 Å². The Hall–Kier alpha value is -2.08. The number of piperidine rings is 2. The van der Waals surface area contributed by atoms with Crippen molar-refractivity contribution in [3.63, 3.8) is 0 Å². The number of nitrogens with zero attached hydrogens (tertiary/aromatic N) is 2. The Bertz CT molecular complexity index is 608. The van der Waals surface area contributed by atoms with Crippen LogP contribution in [-0.2, 0) is 4.74 Å². The van der Waals surface area contributed by atoms with E-state index in [9.17, 15) is 9.59 Å². The number of carbonyl (C=O) groups is 2. The number of nitrogens with one attached hydrogen (secondary N) is 1. The van der Waals surface area contributed by atoms with Gasteiger partial charge in [0.25, 0.3) is 5.91 Å². The fraction of sp³-hybridized carbons (Fsp3) is 0.600. The van der Waals surface area contributed by atoms with Gasteiger partial charge in [-0.05, 0) is 50.8 Å². The molecule has 0 spiro atoms. The molecule has 0 saturated carbocycles. The molecule has 2 heterocycles. The topological polar surface area (TPSA) is 61.9 Å². The lowest BCUT2D eigenvalue weighted by Gasteiger charge is -2.47. The normalized spacial score (nSPS) is 23.2. The van der Waals surface area contributed by atoms with Crippen LogP contribution in [0.3, 0.4) is 0 Å². The maximum atomic E-state index is 12.2. The number of carbonyl (C=O) groups excluding carboxylic acids is 2. The average Bonchev–Trinajstić information content (AvgIpc) is 2.68. The molecule has 142 valence electrons. The summed E-state index contributed by atoms with van der Waals surface area (Å²) in [5.41, 5.74) is 0.701. The predicted octanol–water partition coefficient (Wildman–Crippen LogP) is 2.36. The molecule has 2 saturated heterocycles. The smallest absolute Gasteiger partial charge is 0.409 e. The van der Waals surface area contributed by atoms with Gasteiger partial charge in [-0.15, -0.1) is 0 Å². The SMILES string of the molecule is CCOC(=O)N1CC[C@H]2[C@@H](CCCN2CCNC(=O)c2ccccc2)C1. The van der Waals surface area contributed by atoms with Crippen LogP contribution in [0.25, 0.3) is 0 Å². The average molecular weight is 359 g/mol. The number of benzene rings is 1. The molecule has 2 atom stereocenters. The van der Waals surface area contributed by atoms with Gasteiger partial charge in [0.05, 0.1) is 6.61 Å². The number of likely N-dealkylation sites (tertiary alicyclic amines) is 2. The molecule has 0 bridgehead atoms. The van der Waals surface area contributed by atoms with Gasteiger partial charge < -0.3 is 15.0 Å². The molecular weight excluding hydrogens is 330 g/mol. The number of fused-ring (bicyclic) bond motifs is 1. The van der Waals surface area contributed by atoms with Gasteiger partial charge in [0.2, 0.25) is 0 Å². The molecule has 1 aromatic carbocycles. The summed E-state index contributed by atoms with van der Waals surface area (Å²) in [6.07, 6.45) is 3.10. The van der Waals surface area contributed by atoms with Crippen molar-refractivity contribution in [2.45, 2.75) is 32.2 Å². The third-order valence-electron chi connectivity index (χ3n) is 5.43. The van der Waals surface area contributed by atoms with Crippen molar-refractivity contribution >= 4 is 12.0 Å². The molecule has 0 radical (unpaired) electrons. The Morgan fingerprint density at radius 3 is 2.77 bits per heavy atom. The van der Waals surface area contributed by atoms with Crippen molar-refractivity contribution in [2.24, 2.45) is 5.92 Å². The van der Waals surface area contributed by atoms with E-state index < -0.39 is 0 Å². The van der Waals surface area contributed by atoms with E-state index in [2.05, 4.69) is 10.2 Å². The highest BCUT2D eigenvalue weighted by Gasteiger charge is 2.37. The van der Waals surface area contributed by atoms with Crippen LogP contribution in [0.2, 0.25) is 0 Å². The van der Waals surface area contributed by atoms with Crippen LogP contribution < -0.4 is 5.32 Å². The molecule has 6 heteroatoms. The zero-order chi connectivity index (χ0) is 18.4. The molecule has 2 aliphatic heterocycles. The number of rotatable bonds is 5. The van der Waals surface area contributed by atoms with E-state index in [1.165, 1.54) is 0 Å². The minimum Gasteiger partial charge on any atom is -0.450 e. The third kappa shape index (κ3) is 4.55. The summed E-state index contributed by atoms with van der Waals surface area (Å²) in [5.74, 6) is 0.489. The summed E-state index contributed by atoms with van der Waals surface area (Å²) < 4.78 is 5.15. The Balaban J connectivity index is 1.47. The number of hydrogen-bond acceptors (Lipinski definition) is 4. The lowest BCUT2D eigenvalue weighted by atomic mass is 9.84. The Kier molecular flexibility index (Phi) is 6.50. The van der Waals surface area contributed by atoms with E-state index in [4.69, 9.17) is 4.74 Å². The molecule has 26 heavy (non-hydrogen) atoms. The summed E-state index contributed by atoms with van der Waals surface area (Å²) in [4.78, 5) is 28.5. The first-order valence-corrected chi connectivity index (χ1v) is 9.68. The summed E-state index contributed by atoms with van der Waals surface area (Å²) >= 11 is 0. The van der Waals surface area contributed by atoms with Gasteiger partial charge in [0, 0.05) is 37.8 Å². The minimum atomic E-state index is -0.182. The van der Waals surface area contributed by atoms with Crippen LogP contribution in [0.4, 0.5) is 4.79 Å². The van der Waals surface area contributed by atoms with Crippen LogP contribution in [0.1, 0.15) is 36.5 Å². The first-order valence-electron chi connectivity index (χ1n) is 9.68. The maximum Gasteiger partial charge on any atom is 0.409 e. The molecule has 1 aromatic rings. The molecule has 2 aliphatic rings. The second kappa shape index (κ2) is 9.03. The zero-order valence-electron chi connectivity index (χ0n) is 15.5. The van der Waals surface area contributed by atoms with Crippen molar-refractivity contribution in [3.05, 3.63) is 35.9 Å². The first-order chi connectivity index (χ1) is 12.7. The van der Waals surface area contributed by atoms with Gasteiger partial charge in [-0.3, -0.25) is 9.69 Å². The van der Waals surface area contributed by atoms with E-state index in [0.717, 1.165) is 45.4 Å². The highest BCUT2D eigenvalue weighted by Crippen LogP contribution is 2.30. The second-order valence-electron chi connectivity index (χ2n) is 7.06. The summed E-state index contributed by atoms with van der Waals surface area (Å²) in [6, 6.07) is 9.83. The number of hydrogen-bond donors (Lipinski definition) is 1.